The molecule has 0 aliphatic carbocycles. The lowest BCUT2D eigenvalue weighted by Gasteiger charge is -2.45. The molecule has 2 aromatic rings. The van der Waals surface area contributed by atoms with Crippen molar-refractivity contribution >= 4 is 35.1 Å². The van der Waals surface area contributed by atoms with Crippen LogP contribution in [0.4, 0.5) is 20.6 Å². The average Bonchev–Trinajstić information content (AvgIpc) is 3.49. The van der Waals surface area contributed by atoms with E-state index in [-0.39, 0.29) is 43.4 Å². The van der Waals surface area contributed by atoms with Crippen molar-refractivity contribution in [2.75, 3.05) is 29.9 Å². The summed E-state index contributed by atoms with van der Waals surface area (Å²) in [7, 11) is 0. The highest BCUT2D eigenvalue weighted by atomic mass is 19.1. The van der Waals surface area contributed by atoms with Crippen LogP contribution in [0.3, 0.4) is 0 Å². The van der Waals surface area contributed by atoms with Crippen LogP contribution in [0.25, 0.3) is 0 Å². The summed E-state index contributed by atoms with van der Waals surface area (Å²) in [6.45, 7) is 6.69. The van der Waals surface area contributed by atoms with E-state index in [4.69, 9.17) is 0 Å². The zero-order valence-corrected chi connectivity index (χ0v) is 24.5. The Hall–Kier alpha value is -4.46. The molecule has 4 atom stereocenters. The number of hydrogen-bond donors (Lipinski definition) is 2. The van der Waals surface area contributed by atoms with Crippen LogP contribution in [0.2, 0.25) is 0 Å². The minimum absolute atomic E-state index is 0.0243. The molecular formula is C32H35FN6O4. The maximum atomic E-state index is 14.7. The van der Waals surface area contributed by atoms with Crippen LogP contribution in [0.5, 0.6) is 0 Å². The van der Waals surface area contributed by atoms with E-state index >= 15 is 0 Å². The number of para-hydroxylation sites is 1. The van der Waals surface area contributed by atoms with E-state index in [1.54, 1.807) is 12.1 Å². The van der Waals surface area contributed by atoms with Gasteiger partial charge in [-0.1, -0.05) is 45.0 Å². The van der Waals surface area contributed by atoms with Crippen LogP contribution >= 0.6 is 0 Å². The van der Waals surface area contributed by atoms with E-state index in [0.717, 1.165) is 5.56 Å². The zero-order chi connectivity index (χ0) is 30.7. The highest BCUT2D eigenvalue weighted by molar-refractivity contribution is 6.09. The van der Waals surface area contributed by atoms with Gasteiger partial charge in [0.1, 0.15) is 23.9 Å². The third kappa shape index (κ3) is 4.79. The number of nitriles is 1. The molecule has 6 rings (SSSR count). The van der Waals surface area contributed by atoms with Crippen LogP contribution in [0.1, 0.15) is 51.2 Å². The fourth-order valence-corrected chi connectivity index (χ4v) is 7.07. The summed E-state index contributed by atoms with van der Waals surface area (Å²) in [5, 5.41) is 15.9. The van der Waals surface area contributed by atoms with Crippen molar-refractivity contribution in [2.45, 2.75) is 70.0 Å². The Morgan fingerprint density at radius 3 is 2.67 bits per heavy atom. The fraction of sp³-hybridized carbons (Fsp3) is 0.469. The molecule has 1 spiro atoms. The van der Waals surface area contributed by atoms with E-state index in [2.05, 4.69) is 16.7 Å². The molecule has 0 saturated carbocycles. The van der Waals surface area contributed by atoms with Crippen LogP contribution in [-0.4, -0.2) is 71.3 Å². The number of carbonyl (C=O) groups is 4. The highest BCUT2D eigenvalue weighted by Crippen LogP contribution is 2.47. The number of nitrogens with zero attached hydrogens (tertiary/aromatic N) is 4. The summed E-state index contributed by atoms with van der Waals surface area (Å²) in [4.78, 5) is 59.6. The molecule has 43 heavy (non-hydrogen) atoms. The van der Waals surface area contributed by atoms with Crippen LogP contribution in [-0.2, 0) is 26.2 Å². The van der Waals surface area contributed by atoms with Gasteiger partial charge in [0.15, 0.2) is 0 Å². The number of urea groups is 1. The van der Waals surface area contributed by atoms with Crippen molar-refractivity contribution < 1.29 is 23.6 Å². The monoisotopic (exact) mass is 586 g/mol. The first kappa shape index (κ1) is 28.6. The molecule has 4 aliphatic rings. The minimum Gasteiger partial charge on any atom is -0.338 e. The van der Waals surface area contributed by atoms with E-state index in [1.807, 2.05) is 39.0 Å². The van der Waals surface area contributed by atoms with Gasteiger partial charge in [0, 0.05) is 38.2 Å². The van der Waals surface area contributed by atoms with Crippen molar-refractivity contribution in [1.82, 2.24) is 15.1 Å². The van der Waals surface area contributed by atoms with Gasteiger partial charge in [-0.25, -0.2) is 9.18 Å². The number of halogens is 1. The number of anilines is 2. The van der Waals surface area contributed by atoms with Crippen molar-refractivity contribution in [3.8, 4) is 6.07 Å². The highest BCUT2D eigenvalue weighted by Gasteiger charge is 2.57. The number of likely N-dealkylation sites (tertiary alicyclic amines) is 1. The predicted octanol–water partition coefficient (Wildman–Crippen LogP) is 3.32. The van der Waals surface area contributed by atoms with Crippen molar-refractivity contribution in [2.24, 2.45) is 5.41 Å². The van der Waals surface area contributed by atoms with Gasteiger partial charge < -0.3 is 20.4 Å². The molecule has 2 fully saturated rings. The largest absolute Gasteiger partial charge is 0.338 e. The molecule has 224 valence electrons. The van der Waals surface area contributed by atoms with E-state index in [9.17, 15) is 28.8 Å². The van der Waals surface area contributed by atoms with E-state index in [1.165, 1.54) is 26.8 Å². The van der Waals surface area contributed by atoms with Crippen LogP contribution < -0.4 is 15.5 Å². The molecule has 0 aromatic heterocycles. The first-order valence-corrected chi connectivity index (χ1v) is 14.7. The normalized spacial score (nSPS) is 25.7. The molecule has 2 N–H and O–H groups in total. The van der Waals surface area contributed by atoms with Gasteiger partial charge in [0.05, 0.1) is 17.2 Å². The van der Waals surface area contributed by atoms with E-state index in [0.29, 0.717) is 30.8 Å². The van der Waals surface area contributed by atoms with Crippen molar-refractivity contribution in [3.05, 3.63) is 59.4 Å². The Morgan fingerprint density at radius 1 is 1.19 bits per heavy atom. The number of nitrogens with one attached hydrogen (secondary N) is 2. The van der Waals surface area contributed by atoms with Gasteiger partial charge in [0.2, 0.25) is 11.8 Å². The SMILES string of the molecule is CC(C)(C)C[C@@H](C(=O)N1C[C@]2(C[C@H]1C#N)C(=O)Nc1ccccc12)N1C(=O)[C@@H](N2CCCNC2=O)Cc2ccc(F)cc21. The van der Waals surface area contributed by atoms with Gasteiger partial charge in [-0.3, -0.25) is 19.3 Å². The summed E-state index contributed by atoms with van der Waals surface area (Å²) >= 11 is 0. The molecule has 2 aromatic carbocycles. The van der Waals surface area contributed by atoms with Crippen molar-refractivity contribution in [3.63, 3.8) is 0 Å². The second-order valence-electron chi connectivity index (χ2n) is 13.2. The van der Waals surface area contributed by atoms with Crippen LogP contribution in [0, 0.1) is 22.6 Å². The summed E-state index contributed by atoms with van der Waals surface area (Å²) in [5.74, 6) is -1.77. The lowest BCUT2D eigenvalue weighted by Crippen LogP contribution is -2.63. The standard InChI is InChI=1S/C32H35FN6O4/c1-31(2,3)16-26(27(40)38-18-32(15-21(38)17-34)22-7-4-5-8-23(22)36-29(32)42)39-24-14-20(33)10-9-19(24)13-25(28(39)41)37-12-6-11-35-30(37)43/h4-5,7-10,14,21,25-26H,6,11-13,15-16,18H2,1-3H3,(H,35,43)(H,36,42)/t21-,25-,26-,32-/m0/s1. The molecule has 0 unspecified atom stereocenters. The Balaban J connectivity index is 1.43. The Morgan fingerprint density at radius 2 is 1.95 bits per heavy atom. The molecule has 2 saturated heterocycles. The molecule has 0 bridgehead atoms. The molecule has 11 heteroatoms. The fourth-order valence-electron chi connectivity index (χ4n) is 7.07. The molecule has 4 aliphatic heterocycles. The quantitative estimate of drug-likeness (QED) is 0.569. The molecule has 10 nitrogen and oxygen atoms in total. The number of benzene rings is 2. The van der Waals surface area contributed by atoms with Gasteiger partial charge in [-0.15, -0.1) is 0 Å². The smallest absolute Gasteiger partial charge is 0.318 e. The topological polar surface area (TPSA) is 126 Å². The van der Waals surface area contributed by atoms with Gasteiger partial charge in [-0.2, -0.15) is 5.26 Å². The Labute approximate surface area is 249 Å². The van der Waals surface area contributed by atoms with Crippen molar-refractivity contribution in [1.29, 1.82) is 5.26 Å². The van der Waals surface area contributed by atoms with E-state index < -0.39 is 46.6 Å². The first-order chi connectivity index (χ1) is 20.4. The number of fused-ring (bicyclic) bond motifs is 3. The maximum Gasteiger partial charge on any atom is 0.318 e. The maximum absolute atomic E-state index is 14.7. The molecule has 0 radical (unpaired) electrons. The molecule has 5 amide bonds. The van der Waals surface area contributed by atoms with Gasteiger partial charge in [-0.05, 0) is 47.6 Å². The lowest BCUT2D eigenvalue weighted by atomic mass is 9.80. The Bertz CT molecular complexity index is 1560. The number of rotatable bonds is 4. The number of hydrogen-bond acceptors (Lipinski definition) is 5. The second-order valence-corrected chi connectivity index (χ2v) is 13.2. The predicted molar refractivity (Wildman–Crippen MR) is 156 cm³/mol. The summed E-state index contributed by atoms with van der Waals surface area (Å²) in [5.41, 5.74) is 0.773. The average molecular weight is 587 g/mol. The number of carbonyl (C=O) groups excluding carboxylic acids is 4. The number of amides is 5. The van der Waals surface area contributed by atoms with Gasteiger partial charge >= 0.3 is 6.03 Å². The Kier molecular flexibility index (Phi) is 6.91. The van der Waals surface area contributed by atoms with Crippen LogP contribution in [0.15, 0.2) is 42.5 Å². The summed E-state index contributed by atoms with van der Waals surface area (Å²) in [6, 6.07) is 10.4. The first-order valence-electron chi connectivity index (χ1n) is 14.7. The minimum atomic E-state index is -1.10. The third-order valence-corrected chi connectivity index (χ3v) is 9.05. The second kappa shape index (κ2) is 10.4. The summed E-state index contributed by atoms with van der Waals surface area (Å²) < 4.78 is 14.7. The lowest BCUT2D eigenvalue weighted by molar-refractivity contribution is -0.136. The third-order valence-electron chi connectivity index (χ3n) is 9.05. The zero-order valence-electron chi connectivity index (χ0n) is 24.5. The van der Waals surface area contributed by atoms with Gasteiger partial charge in [0.25, 0.3) is 5.91 Å². The molecule has 4 heterocycles. The molecular weight excluding hydrogens is 551 g/mol. The summed E-state index contributed by atoms with van der Waals surface area (Å²) in [6.07, 6.45) is 1.19.